The molecule has 1 aliphatic rings. The predicted octanol–water partition coefficient (Wildman–Crippen LogP) is 1.40. The van der Waals surface area contributed by atoms with Crippen LogP contribution in [0, 0.1) is 0 Å². The summed E-state index contributed by atoms with van der Waals surface area (Å²) in [7, 11) is -2.92. The summed E-state index contributed by atoms with van der Waals surface area (Å²) in [5, 5.41) is 0. The molecule has 0 aromatic rings. The van der Waals surface area contributed by atoms with Gasteiger partial charge < -0.3 is 5.73 Å². The van der Waals surface area contributed by atoms with E-state index in [-0.39, 0.29) is 17.3 Å². The number of nitrogens with two attached hydrogens (primary N) is 1. The van der Waals surface area contributed by atoms with Crippen LogP contribution in [0.1, 0.15) is 46.0 Å². The molecule has 0 radical (unpaired) electrons. The van der Waals surface area contributed by atoms with Crippen LogP contribution in [0.5, 0.6) is 0 Å². The highest BCUT2D eigenvalue weighted by atomic mass is 32.2. The SMILES string of the molecule is CCC(CC)(C(N)CCS(C)(=O)=O)N1CCCC1. The summed E-state index contributed by atoms with van der Waals surface area (Å²) in [5.74, 6) is 0.198. The van der Waals surface area contributed by atoms with Gasteiger partial charge in [0.05, 0.1) is 5.75 Å². The maximum absolute atomic E-state index is 11.3. The molecular formula is C13H28N2O2S. The summed E-state index contributed by atoms with van der Waals surface area (Å²) >= 11 is 0. The van der Waals surface area contributed by atoms with E-state index >= 15 is 0 Å². The van der Waals surface area contributed by atoms with Crippen molar-refractivity contribution in [1.29, 1.82) is 0 Å². The molecule has 1 aliphatic heterocycles. The lowest BCUT2D eigenvalue weighted by Gasteiger charge is -2.45. The molecule has 0 saturated carbocycles. The topological polar surface area (TPSA) is 63.4 Å². The second-order valence-electron chi connectivity index (χ2n) is 5.53. The Morgan fingerprint density at radius 1 is 1.22 bits per heavy atom. The monoisotopic (exact) mass is 276 g/mol. The van der Waals surface area contributed by atoms with E-state index in [1.54, 1.807) is 0 Å². The minimum atomic E-state index is -2.92. The molecule has 1 heterocycles. The zero-order chi connectivity index (χ0) is 13.8. The smallest absolute Gasteiger partial charge is 0.147 e. The van der Waals surface area contributed by atoms with Crippen molar-refractivity contribution >= 4 is 9.84 Å². The highest BCUT2D eigenvalue weighted by molar-refractivity contribution is 7.90. The van der Waals surface area contributed by atoms with Crippen molar-refractivity contribution in [1.82, 2.24) is 4.90 Å². The summed E-state index contributed by atoms with van der Waals surface area (Å²) in [6.45, 7) is 6.55. The van der Waals surface area contributed by atoms with Gasteiger partial charge >= 0.3 is 0 Å². The maximum atomic E-state index is 11.3. The lowest BCUT2D eigenvalue weighted by Crippen LogP contribution is -2.59. The summed E-state index contributed by atoms with van der Waals surface area (Å²) in [6, 6.07) is -0.0553. The standard InChI is InChI=1S/C13H28N2O2S/c1-4-13(5-2,15-9-6-7-10-15)12(14)8-11-18(3,16)17/h12H,4-11,14H2,1-3H3. The van der Waals surface area contributed by atoms with Gasteiger partial charge in [0.15, 0.2) is 0 Å². The van der Waals surface area contributed by atoms with Gasteiger partial charge in [-0.3, -0.25) is 4.90 Å². The Labute approximate surface area is 112 Å². The van der Waals surface area contributed by atoms with Crippen LogP contribution in [0.2, 0.25) is 0 Å². The van der Waals surface area contributed by atoms with Crippen LogP contribution in [0.4, 0.5) is 0 Å². The third kappa shape index (κ3) is 3.68. The fourth-order valence-corrected chi connectivity index (χ4v) is 3.91. The molecule has 0 spiro atoms. The van der Waals surface area contributed by atoms with E-state index in [1.165, 1.54) is 19.1 Å². The van der Waals surface area contributed by atoms with Crippen LogP contribution < -0.4 is 5.73 Å². The van der Waals surface area contributed by atoms with Crippen molar-refractivity contribution in [2.75, 3.05) is 25.1 Å². The quantitative estimate of drug-likeness (QED) is 0.763. The van der Waals surface area contributed by atoms with Crippen LogP contribution >= 0.6 is 0 Å². The van der Waals surface area contributed by atoms with Crippen molar-refractivity contribution in [2.45, 2.75) is 57.5 Å². The van der Waals surface area contributed by atoms with Crippen LogP contribution in [0.25, 0.3) is 0 Å². The molecule has 0 amide bonds. The average molecular weight is 276 g/mol. The van der Waals surface area contributed by atoms with Gasteiger partial charge in [0, 0.05) is 17.8 Å². The van der Waals surface area contributed by atoms with Gasteiger partial charge in [-0.2, -0.15) is 0 Å². The number of likely N-dealkylation sites (tertiary alicyclic amines) is 1. The molecule has 1 atom stereocenters. The highest BCUT2D eigenvalue weighted by Crippen LogP contribution is 2.32. The van der Waals surface area contributed by atoms with E-state index in [9.17, 15) is 8.42 Å². The third-order valence-corrected chi connectivity index (χ3v) is 5.43. The Morgan fingerprint density at radius 3 is 2.11 bits per heavy atom. The average Bonchev–Trinajstić information content (AvgIpc) is 2.82. The van der Waals surface area contributed by atoms with E-state index in [2.05, 4.69) is 18.7 Å². The summed E-state index contributed by atoms with van der Waals surface area (Å²) < 4.78 is 22.6. The molecule has 108 valence electrons. The predicted molar refractivity (Wildman–Crippen MR) is 76.4 cm³/mol. The van der Waals surface area contributed by atoms with Gasteiger partial charge in [0.25, 0.3) is 0 Å². The zero-order valence-electron chi connectivity index (χ0n) is 12.0. The van der Waals surface area contributed by atoms with Gasteiger partial charge in [-0.05, 0) is 45.2 Å². The van der Waals surface area contributed by atoms with E-state index in [1.807, 2.05) is 0 Å². The highest BCUT2D eigenvalue weighted by Gasteiger charge is 2.40. The third-order valence-electron chi connectivity index (χ3n) is 4.45. The van der Waals surface area contributed by atoms with Gasteiger partial charge in [-0.15, -0.1) is 0 Å². The van der Waals surface area contributed by atoms with Gasteiger partial charge in [-0.25, -0.2) is 8.42 Å². The molecule has 0 aromatic heterocycles. The number of sulfone groups is 1. The largest absolute Gasteiger partial charge is 0.326 e. The molecule has 0 bridgehead atoms. The summed E-state index contributed by atoms with van der Waals surface area (Å²) in [5.41, 5.74) is 6.34. The fourth-order valence-electron chi connectivity index (χ4n) is 3.23. The van der Waals surface area contributed by atoms with Gasteiger partial charge in [0.1, 0.15) is 9.84 Å². The van der Waals surface area contributed by atoms with Crippen molar-refractivity contribution in [3.05, 3.63) is 0 Å². The van der Waals surface area contributed by atoms with Crippen molar-refractivity contribution in [3.63, 3.8) is 0 Å². The Morgan fingerprint density at radius 2 is 1.72 bits per heavy atom. The van der Waals surface area contributed by atoms with Crippen molar-refractivity contribution < 1.29 is 8.42 Å². The second kappa shape index (κ2) is 6.35. The molecule has 1 unspecified atom stereocenters. The summed E-state index contributed by atoms with van der Waals surface area (Å²) in [6.07, 6.45) is 6.32. The number of hydrogen-bond donors (Lipinski definition) is 1. The lowest BCUT2D eigenvalue weighted by molar-refractivity contribution is 0.0757. The van der Waals surface area contributed by atoms with E-state index in [0.717, 1.165) is 25.9 Å². The molecule has 1 rings (SSSR count). The van der Waals surface area contributed by atoms with Crippen molar-refractivity contribution in [2.24, 2.45) is 5.73 Å². The Balaban J connectivity index is 2.76. The first-order chi connectivity index (χ1) is 8.35. The van der Waals surface area contributed by atoms with E-state index in [4.69, 9.17) is 5.73 Å². The lowest BCUT2D eigenvalue weighted by atomic mass is 9.82. The molecule has 0 aliphatic carbocycles. The van der Waals surface area contributed by atoms with Gasteiger partial charge in [-0.1, -0.05) is 13.8 Å². The second-order valence-corrected chi connectivity index (χ2v) is 7.79. The van der Waals surface area contributed by atoms with Crippen LogP contribution in [0.15, 0.2) is 0 Å². The van der Waals surface area contributed by atoms with Crippen LogP contribution in [-0.4, -0.2) is 50.0 Å². The number of nitrogens with zero attached hydrogens (tertiary/aromatic N) is 1. The number of hydrogen-bond acceptors (Lipinski definition) is 4. The molecule has 5 heteroatoms. The zero-order valence-corrected chi connectivity index (χ0v) is 12.8. The van der Waals surface area contributed by atoms with E-state index in [0.29, 0.717) is 6.42 Å². The molecular weight excluding hydrogens is 248 g/mol. The molecule has 2 N–H and O–H groups in total. The first-order valence-corrected chi connectivity index (χ1v) is 9.10. The molecule has 0 aromatic carbocycles. The van der Waals surface area contributed by atoms with Crippen molar-refractivity contribution in [3.8, 4) is 0 Å². The number of rotatable bonds is 7. The van der Waals surface area contributed by atoms with E-state index < -0.39 is 9.84 Å². The summed E-state index contributed by atoms with van der Waals surface area (Å²) in [4.78, 5) is 2.49. The maximum Gasteiger partial charge on any atom is 0.147 e. The minimum Gasteiger partial charge on any atom is -0.326 e. The molecule has 18 heavy (non-hydrogen) atoms. The Bertz CT molecular complexity index is 344. The molecule has 4 nitrogen and oxygen atoms in total. The van der Waals surface area contributed by atoms with Crippen LogP contribution in [-0.2, 0) is 9.84 Å². The minimum absolute atomic E-state index is 0.0127. The normalized spacial score (nSPS) is 20.2. The molecule has 1 saturated heterocycles. The molecule has 1 fully saturated rings. The van der Waals surface area contributed by atoms with Crippen LogP contribution in [0.3, 0.4) is 0 Å². The first-order valence-electron chi connectivity index (χ1n) is 7.04. The van der Waals surface area contributed by atoms with Gasteiger partial charge in [0.2, 0.25) is 0 Å². The fraction of sp³-hybridized carbons (Fsp3) is 1.00. The Kier molecular flexibility index (Phi) is 5.62. The Hall–Kier alpha value is -0.130. The first kappa shape index (κ1) is 15.9.